The predicted molar refractivity (Wildman–Crippen MR) is 116 cm³/mol. The summed E-state index contributed by atoms with van der Waals surface area (Å²) in [6.45, 7) is 5.91. The van der Waals surface area contributed by atoms with Crippen LogP contribution in [0.4, 0.5) is 0 Å². The number of H-pyrrole nitrogens is 2. The Morgan fingerprint density at radius 2 is 2.03 bits per heavy atom. The lowest BCUT2D eigenvalue weighted by atomic mass is 10.2. The molecule has 0 aliphatic carbocycles. The van der Waals surface area contributed by atoms with E-state index in [-0.39, 0.29) is 10.8 Å². The molecular weight excluding hydrogens is 406 g/mol. The molecule has 7 nitrogen and oxygen atoms in total. The Labute approximate surface area is 173 Å². The van der Waals surface area contributed by atoms with Crippen molar-refractivity contribution in [1.82, 2.24) is 25.1 Å². The molecule has 0 bridgehead atoms. The third-order valence-electron chi connectivity index (χ3n) is 4.95. The predicted octanol–water partition coefficient (Wildman–Crippen LogP) is 4.99. The standard InChI is InChI=1S/C20H17N5O2S2/c1-9-10(2)28-19-15(9)17(26)22-16(23-19)11(3)29-20-25-24-18(27-20)13-8-21-14-7-5-4-6-12(13)14/h4-8,11,21H,1-3H3,(H,22,23,26)/t11-/m0/s1. The number of nitrogens with one attached hydrogen (secondary N) is 2. The summed E-state index contributed by atoms with van der Waals surface area (Å²) in [4.78, 5) is 25.2. The van der Waals surface area contributed by atoms with Crippen molar-refractivity contribution in [3.05, 3.63) is 57.1 Å². The summed E-state index contributed by atoms with van der Waals surface area (Å²) >= 11 is 2.91. The number of nitrogens with zero attached hydrogens (tertiary/aromatic N) is 3. The van der Waals surface area contributed by atoms with Crippen LogP contribution in [0, 0.1) is 13.8 Å². The number of fused-ring (bicyclic) bond motifs is 2. The number of aromatic amines is 2. The lowest BCUT2D eigenvalue weighted by Crippen LogP contribution is -2.12. The Kier molecular flexibility index (Phi) is 4.29. The third kappa shape index (κ3) is 3.06. The lowest BCUT2D eigenvalue weighted by Gasteiger charge is -2.07. The molecule has 0 radical (unpaired) electrons. The molecule has 1 atom stereocenters. The van der Waals surface area contributed by atoms with Crippen LogP contribution < -0.4 is 5.56 Å². The fraction of sp³-hybridized carbons (Fsp3) is 0.200. The smallest absolute Gasteiger partial charge is 0.277 e. The third-order valence-corrected chi connectivity index (χ3v) is 6.99. The molecule has 0 unspecified atom stereocenters. The highest BCUT2D eigenvalue weighted by Crippen LogP contribution is 2.36. The summed E-state index contributed by atoms with van der Waals surface area (Å²) in [5.41, 5.74) is 2.76. The molecule has 0 fully saturated rings. The van der Waals surface area contributed by atoms with Gasteiger partial charge >= 0.3 is 0 Å². The summed E-state index contributed by atoms with van der Waals surface area (Å²) in [5.74, 6) is 1.05. The van der Waals surface area contributed by atoms with Gasteiger partial charge in [0, 0.05) is 22.0 Å². The van der Waals surface area contributed by atoms with Gasteiger partial charge in [0.1, 0.15) is 10.7 Å². The number of thioether (sulfide) groups is 1. The largest absolute Gasteiger partial charge is 0.411 e. The van der Waals surface area contributed by atoms with Crippen molar-refractivity contribution in [2.45, 2.75) is 31.2 Å². The van der Waals surface area contributed by atoms with E-state index in [9.17, 15) is 4.79 Å². The van der Waals surface area contributed by atoms with E-state index in [2.05, 4.69) is 25.1 Å². The van der Waals surface area contributed by atoms with Crippen LogP contribution >= 0.6 is 23.1 Å². The van der Waals surface area contributed by atoms with Crippen LogP contribution in [0.5, 0.6) is 0 Å². The van der Waals surface area contributed by atoms with Crippen LogP contribution in [0.1, 0.15) is 28.4 Å². The van der Waals surface area contributed by atoms with E-state index >= 15 is 0 Å². The van der Waals surface area contributed by atoms with Crippen molar-refractivity contribution in [1.29, 1.82) is 0 Å². The zero-order chi connectivity index (χ0) is 20.1. The zero-order valence-corrected chi connectivity index (χ0v) is 17.6. The van der Waals surface area contributed by atoms with Gasteiger partial charge in [-0.15, -0.1) is 21.5 Å². The minimum atomic E-state index is -0.147. The second kappa shape index (κ2) is 6.85. The fourth-order valence-corrected chi connectivity index (χ4v) is 5.06. The van der Waals surface area contributed by atoms with E-state index in [1.165, 1.54) is 23.1 Å². The van der Waals surface area contributed by atoms with Gasteiger partial charge in [-0.3, -0.25) is 4.79 Å². The van der Waals surface area contributed by atoms with Crippen molar-refractivity contribution < 1.29 is 4.42 Å². The average molecular weight is 424 g/mol. The summed E-state index contributed by atoms with van der Waals surface area (Å²) in [6.07, 6.45) is 1.87. The Balaban J connectivity index is 1.44. The minimum absolute atomic E-state index is 0.107. The molecule has 5 rings (SSSR count). The summed E-state index contributed by atoms with van der Waals surface area (Å²) in [6, 6.07) is 7.95. The molecule has 9 heteroatoms. The number of hydrogen-bond acceptors (Lipinski definition) is 7. The minimum Gasteiger partial charge on any atom is -0.411 e. The number of aryl methyl sites for hydroxylation is 2. The molecule has 2 N–H and O–H groups in total. The highest BCUT2D eigenvalue weighted by Gasteiger charge is 2.19. The number of benzene rings is 1. The SMILES string of the molecule is Cc1sc2nc([C@H](C)Sc3nnc(-c4c[nH]c5ccccc45)o3)[nH]c(=O)c2c1C. The molecule has 0 aliphatic rings. The molecule has 1 aromatic carbocycles. The first-order chi connectivity index (χ1) is 14.0. The van der Waals surface area contributed by atoms with Crippen molar-refractivity contribution in [2.24, 2.45) is 0 Å². The lowest BCUT2D eigenvalue weighted by molar-refractivity contribution is 0.465. The van der Waals surface area contributed by atoms with Crippen LogP contribution in [0.3, 0.4) is 0 Å². The fourth-order valence-electron chi connectivity index (χ4n) is 3.29. The van der Waals surface area contributed by atoms with Crippen molar-refractivity contribution in [3.63, 3.8) is 0 Å². The summed E-state index contributed by atoms with van der Waals surface area (Å²) < 4.78 is 5.87. The molecule has 0 spiro atoms. The first-order valence-electron chi connectivity index (χ1n) is 9.08. The van der Waals surface area contributed by atoms with Crippen LogP contribution in [-0.2, 0) is 0 Å². The molecule has 29 heavy (non-hydrogen) atoms. The molecule has 4 heterocycles. The van der Waals surface area contributed by atoms with Crippen molar-refractivity contribution in [2.75, 3.05) is 0 Å². The van der Waals surface area contributed by atoms with E-state index in [4.69, 9.17) is 4.42 Å². The molecule has 0 amide bonds. The Bertz CT molecular complexity index is 1410. The first-order valence-corrected chi connectivity index (χ1v) is 10.8. The van der Waals surface area contributed by atoms with E-state index < -0.39 is 0 Å². The van der Waals surface area contributed by atoms with E-state index in [0.717, 1.165) is 31.7 Å². The van der Waals surface area contributed by atoms with E-state index in [0.29, 0.717) is 22.3 Å². The number of aromatic nitrogens is 5. The second-order valence-electron chi connectivity index (χ2n) is 6.80. The molecule has 146 valence electrons. The van der Waals surface area contributed by atoms with Gasteiger partial charge in [-0.05, 0) is 32.4 Å². The summed E-state index contributed by atoms with van der Waals surface area (Å²) in [5, 5.41) is 10.3. The molecule has 0 saturated carbocycles. The highest BCUT2D eigenvalue weighted by atomic mass is 32.2. The highest BCUT2D eigenvalue weighted by molar-refractivity contribution is 7.99. The van der Waals surface area contributed by atoms with E-state index in [1.54, 1.807) is 0 Å². The van der Waals surface area contributed by atoms with Gasteiger partial charge in [0.05, 0.1) is 16.2 Å². The molecular formula is C20H17N5O2S2. The van der Waals surface area contributed by atoms with Crippen LogP contribution in [0.25, 0.3) is 32.6 Å². The van der Waals surface area contributed by atoms with Crippen LogP contribution in [-0.4, -0.2) is 25.1 Å². The summed E-state index contributed by atoms with van der Waals surface area (Å²) in [7, 11) is 0. The first kappa shape index (κ1) is 18.1. The van der Waals surface area contributed by atoms with Gasteiger partial charge < -0.3 is 14.4 Å². The number of para-hydroxylation sites is 1. The van der Waals surface area contributed by atoms with E-state index in [1.807, 2.05) is 51.2 Å². The maximum Gasteiger partial charge on any atom is 0.277 e. The zero-order valence-electron chi connectivity index (χ0n) is 15.9. The number of thiophene rings is 1. The monoisotopic (exact) mass is 423 g/mol. The number of rotatable bonds is 4. The Morgan fingerprint density at radius 3 is 2.90 bits per heavy atom. The van der Waals surface area contributed by atoms with Gasteiger partial charge in [0.2, 0.25) is 0 Å². The van der Waals surface area contributed by atoms with Gasteiger partial charge in [0.25, 0.3) is 16.7 Å². The van der Waals surface area contributed by atoms with Gasteiger partial charge in [0.15, 0.2) is 0 Å². The van der Waals surface area contributed by atoms with Gasteiger partial charge in [-0.25, -0.2) is 4.98 Å². The van der Waals surface area contributed by atoms with Crippen molar-refractivity contribution in [3.8, 4) is 11.5 Å². The van der Waals surface area contributed by atoms with Crippen LogP contribution in [0.15, 0.2) is 44.9 Å². The quantitative estimate of drug-likeness (QED) is 0.395. The molecule has 0 saturated heterocycles. The Morgan fingerprint density at radius 1 is 1.21 bits per heavy atom. The Hall–Kier alpha value is -2.91. The topological polar surface area (TPSA) is 100 Å². The maximum atomic E-state index is 12.5. The molecule has 5 aromatic rings. The van der Waals surface area contributed by atoms with Gasteiger partial charge in [-0.1, -0.05) is 30.0 Å². The van der Waals surface area contributed by atoms with Gasteiger partial charge in [-0.2, -0.15) is 0 Å². The number of hydrogen-bond donors (Lipinski definition) is 2. The normalized spacial score (nSPS) is 12.8. The molecule has 4 aromatic heterocycles. The average Bonchev–Trinajstić information content (AvgIpc) is 3.40. The second-order valence-corrected chi connectivity index (χ2v) is 9.29. The maximum absolute atomic E-state index is 12.5. The van der Waals surface area contributed by atoms with Crippen LogP contribution in [0.2, 0.25) is 0 Å². The van der Waals surface area contributed by atoms with Crippen molar-refractivity contribution >= 4 is 44.2 Å². The molecule has 0 aliphatic heterocycles.